The van der Waals surface area contributed by atoms with Crippen LogP contribution in [0.1, 0.15) is 0 Å². The van der Waals surface area contributed by atoms with Crippen molar-refractivity contribution in [2.24, 2.45) is 0 Å². The highest BCUT2D eigenvalue weighted by Crippen LogP contribution is 2.39. The first-order valence-electron chi connectivity index (χ1n) is 3.88. The fourth-order valence-corrected chi connectivity index (χ4v) is 3.52. The molecule has 0 saturated heterocycles. The summed E-state index contributed by atoms with van der Waals surface area (Å²) >= 11 is 3.20. The zero-order chi connectivity index (χ0) is 8.84. The molecule has 0 fully saturated rings. The van der Waals surface area contributed by atoms with Crippen LogP contribution in [0.15, 0.2) is 24.3 Å². The molecule has 0 aliphatic rings. The minimum absolute atomic E-state index is 0.668. The lowest BCUT2D eigenvalue weighted by Gasteiger charge is -1.84. The Labute approximate surface area is 82.8 Å². The first kappa shape index (κ1) is 7.29. The van der Waals surface area contributed by atoms with Crippen LogP contribution in [-0.2, 0) is 0 Å². The molecule has 13 heavy (non-hydrogen) atoms. The standard InChI is InChI=1S/C9H6N2S2/c10-9-8-7(13-11-9)5-3-1-2-4-6(5)12-8/h1-4H,(H2,10,11). The molecule has 3 rings (SSSR count). The number of thiophene rings is 1. The molecule has 0 aliphatic carbocycles. The molecule has 4 heteroatoms. The predicted octanol–water partition coefficient (Wildman–Crippen LogP) is 3.09. The van der Waals surface area contributed by atoms with E-state index in [-0.39, 0.29) is 0 Å². The molecule has 0 unspecified atom stereocenters. The number of anilines is 1. The van der Waals surface area contributed by atoms with Crippen LogP contribution in [0.4, 0.5) is 5.82 Å². The molecule has 0 saturated carbocycles. The first-order chi connectivity index (χ1) is 6.36. The highest BCUT2D eigenvalue weighted by atomic mass is 32.1. The number of nitrogens with two attached hydrogens (primary N) is 1. The smallest absolute Gasteiger partial charge is 0.155 e. The molecule has 0 atom stereocenters. The van der Waals surface area contributed by atoms with Gasteiger partial charge in [0.15, 0.2) is 5.82 Å². The maximum Gasteiger partial charge on any atom is 0.155 e. The number of hydrogen-bond acceptors (Lipinski definition) is 4. The fourth-order valence-electron chi connectivity index (χ4n) is 1.42. The number of rotatable bonds is 0. The van der Waals surface area contributed by atoms with Crippen LogP contribution >= 0.6 is 22.9 Å². The van der Waals surface area contributed by atoms with Crippen molar-refractivity contribution >= 4 is 48.2 Å². The third-order valence-corrected chi connectivity index (χ3v) is 4.23. The average molecular weight is 206 g/mol. The summed E-state index contributed by atoms with van der Waals surface area (Å²) in [5.74, 6) is 0.668. The van der Waals surface area contributed by atoms with Gasteiger partial charge in [0.05, 0.1) is 9.40 Å². The number of fused-ring (bicyclic) bond motifs is 3. The third kappa shape index (κ3) is 0.897. The van der Waals surface area contributed by atoms with Gasteiger partial charge in [-0.1, -0.05) is 18.2 Å². The van der Waals surface area contributed by atoms with E-state index in [1.54, 1.807) is 11.3 Å². The Morgan fingerprint density at radius 3 is 2.92 bits per heavy atom. The van der Waals surface area contributed by atoms with Crippen LogP contribution in [0.3, 0.4) is 0 Å². The Bertz CT molecular complexity index is 579. The second-order valence-corrected chi connectivity index (χ2v) is 4.65. The van der Waals surface area contributed by atoms with Crippen molar-refractivity contribution in [3.63, 3.8) is 0 Å². The normalized spacial score (nSPS) is 11.4. The van der Waals surface area contributed by atoms with Crippen molar-refractivity contribution in [3.8, 4) is 0 Å². The minimum atomic E-state index is 0.668. The molecule has 0 bridgehead atoms. The quantitative estimate of drug-likeness (QED) is 0.614. The Morgan fingerprint density at radius 1 is 1.15 bits per heavy atom. The Balaban J connectivity index is 2.64. The van der Waals surface area contributed by atoms with Crippen molar-refractivity contribution in [1.29, 1.82) is 0 Å². The maximum atomic E-state index is 5.75. The second-order valence-electron chi connectivity index (χ2n) is 2.82. The zero-order valence-corrected chi connectivity index (χ0v) is 8.28. The summed E-state index contributed by atoms with van der Waals surface area (Å²) in [5.41, 5.74) is 5.75. The van der Waals surface area contributed by atoms with E-state index in [1.165, 1.54) is 26.3 Å². The summed E-state index contributed by atoms with van der Waals surface area (Å²) in [7, 11) is 0. The van der Waals surface area contributed by atoms with Gasteiger partial charge < -0.3 is 5.73 Å². The van der Waals surface area contributed by atoms with E-state index in [2.05, 4.69) is 16.5 Å². The summed E-state index contributed by atoms with van der Waals surface area (Å²) in [6.07, 6.45) is 0. The van der Waals surface area contributed by atoms with Gasteiger partial charge in [-0.25, -0.2) is 0 Å². The zero-order valence-electron chi connectivity index (χ0n) is 6.65. The SMILES string of the molecule is Nc1nsc2c1sc1ccccc12. The Kier molecular flexibility index (Phi) is 1.36. The summed E-state index contributed by atoms with van der Waals surface area (Å²) < 4.78 is 7.78. The summed E-state index contributed by atoms with van der Waals surface area (Å²) in [6.45, 7) is 0. The van der Waals surface area contributed by atoms with Crippen LogP contribution in [0.2, 0.25) is 0 Å². The lowest BCUT2D eigenvalue weighted by atomic mass is 10.2. The van der Waals surface area contributed by atoms with Crippen molar-refractivity contribution in [1.82, 2.24) is 4.37 Å². The monoisotopic (exact) mass is 206 g/mol. The van der Waals surface area contributed by atoms with Crippen molar-refractivity contribution in [2.45, 2.75) is 0 Å². The third-order valence-electron chi connectivity index (χ3n) is 2.02. The van der Waals surface area contributed by atoms with Gasteiger partial charge in [0, 0.05) is 10.1 Å². The maximum absolute atomic E-state index is 5.75. The van der Waals surface area contributed by atoms with Crippen molar-refractivity contribution in [3.05, 3.63) is 24.3 Å². The van der Waals surface area contributed by atoms with Crippen molar-refractivity contribution in [2.75, 3.05) is 5.73 Å². The van der Waals surface area contributed by atoms with Gasteiger partial charge in [0.2, 0.25) is 0 Å². The molecule has 0 aliphatic heterocycles. The molecular weight excluding hydrogens is 200 g/mol. The van der Waals surface area contributed by atoms with Crippen LogP contribution in [-0.4, -0.2) is 4.37 Å². The second kappa shape index (κ2) is 2.43. The van der Waals surface area contributed by atoms with E-state index in [1.807, 2.05) is 12.1 Å². The highest BCUT2D eigenvalue weighted by Gasteiger charge is 2.09. The summed E-state index contributed by atoms with van der Waals surface area (Å²) in [4.78, 5) is 0. The topological polar surface area (TPSA) is 38.9 Å². The molecule has 0 spiro atoms. The van der Waals surface area contributed by atoms with E-state index in [9.17, 15) is 0 Å². The Morgan fingerprint density at radius 2 is 2.00 bits per heavy atom. The van der Waals surface area contributed by atoms with E-state index in [0.29, 0.717) is 5.82 Å². The van der Waals surface area contributed by atoms with Gasteiger partial charge in [0.1, 0.15) is 0 Å². The molecule has 0 amide bonds. The molecule has 3 aromatic rings. The number of aromatic nitrogens is 1. The molecular formula is C9H6N2S2. The largest absolute Gasteiger partial charge is 0.382 e. The molecule has 2 aromatic heterocycles. The molecule has 1 aromatic carbocycles. The van der Waals surface area contributed by atoms with E-state index < -0.39 is 0 Å². The Hall–Kier alpha value is -1.13. The van der Waals surface area contributed by atoms with Gasteiger partial charge in [0.25, 0.3) is 0 Å². The van der Waals surface area contributed by atoms with Crippen molar-refractivity contribution < 1.29 is 0 Å². The molecule has 64 valence electrons. The molecule has 2 N–H and O–H groups in total. The van der Waals surface area contributed by atoms with Crippen LogP contribution < -0.4 is 5.73 Å². The number of nitrogens with zero attached hydrogens (tertiary/aromatic N) is 1. The van der Waals surface area contributed by atoms with Crippen LogP contribution in [0.25, 0.3) is 19.5 Å². The van der Waals surface area contributed by atoms with Gasteiger partial charge in [-0.3, -0.25) is 0 Å². The highest BCUT2D eigenvalue weighted by molar-refractivity contribution is 7.31. The van der Waals surface area contributed by atoms with Crippen LogP contribution in [0.5, 0.6) is 0 Å². The first-order valence-corrected chi connectivity index (χ1v) is 5.47. The summed E-state index contributed by atoms with van der Waals surface area (Å²) in [5, 5.41) is 1.27. The average Bonchev–Trinajstić information content (AvgIpc) is 2.67. The minimum Gasteiger partial charge on any atom is -0.382 e. The number of benzene rings is 1. The van der Waals surface area contributed by atoms with Gasteiger partial charge in [-0.15, -0.1) is 11.3 Å². The lowest BCUT2D eigenvalue weighted by molar-refractivity contribution is 1.60. The molecule has 2 heterocycles. The number of nitrogen functional groups attached to an aromatic ring is 1. The van der Waals surface area contributed by atoms with Gasteiger partial charge >= 0.3 is 0 Å². The fraction of sp³-hybridized carbons (Fsp3) is 0. The van der Waals surface area contributed by atoms with E-state index >= 15 is 0 Å². The molecule has 0 radical (unpaired) electrons. The predicted molar refractivity (Wildman–Crippen MR) is 59.4 cm³/mol. The van der Waals surface area contributed by atoms with Crippen LogP contribution in [0, 0.1) is 0 Å². The van der Waals surface area contributed by atoms with E-state index in [4.69, 9.17) is 5.73 Å². The van der Waals surface area contributed by atoms with E-state index in [0.717, 1.165) is 4.70 Å². The van der Waals surface area contributed by atoms with Gasteiger partial charge in [-0.05, 0) is 17.6 Å². The number of hydrogen-bond donors (Lipinski definition) is 1. The lowest BCUT2D eigenvalue weighted by Crippen LogP contribution is -1.80. The summed E-state index contributed by atoms with van der Waals surface area (Å²) in [6, 6.07) is 8.33. The van der Waals surface area contributed by atoms with Gasteiger partial charge in [-0.2, -0.15) is 4.37 Å². The molecule has 2 nitrogen and oxygen atoms in total.